The van der Waals surface area contributed by atoms with Gasteiger partial charge in [-0.15, -0.1) is 0 Å². The van der Waals surface area contributed by atoms with Gasteiger partial charge >= 0.3 is 5.97 Å². The number of pyridine rings is 2. The molecule has 0 bridgehead atoms. The summed E-state index contributed by atoms with van der Waals surface area (Å²) in [6.45, 7) is 8.69. The van der Waals surface area contributed by atoms with Gasteiger partial charge in [0, 0.05) is 55.7 Å². The number of aryl methyl sites for hydroxylation is 1. The fourth-order valence-electron chi connectivity index (χ4n) is 5.09. The van der Waals surface area contributed by atoms with Gasteiger partial charge in [0.15, 0.2) is 0 Å². The number of carbonyl (C=O) groups excluding carboxylic acids is 1. The molecular weight excluding hydrogens is 442 g/mol. The van der Waals surface area contributed by atoms with Crippen molar-refractivity contribution < 1.29 is 9.53 Å². The van der Waals surface area contributed by atoms with E-state index >= 15 is 0 Å². The van der Waals surface area contributed by atoms with Gasteiger partial charge in [-0.25, -0.2) is 9.78 Å². The number of fused-ring (bicyclic) bond motifs is 1. The summed E-state index contributed by atoms with van der Waals surface area (Å²) in [4.78, 5) is 31.4. The first-order chi connectivity index (χ1) is 16.8. The number of nitrogens with one attached hydrogen (secondary N) is 1. The minimum atomic E-state index is -0.248. The molecule has 5 rings (SSSR count). The number of carbonyl (C=O) groups is 1. The van der Waals surface area contributed by atoms with E-state index < -0.39 is 0 Å². The SMILES string of the molecule is Cc1cc(-n2ccc(CN3C[C@@H](c4ccc5c(c4C)COC5=O)N[C@@H](C)C3)cc2=O)ncc1C#N. The maximum absolute atomic E-state index is 12.9. The van der Waals surface area contributed by atoms with Crippen LogP contribution in [0.2, 0.25) is 0 Å². The Morgan fingerprint density at radius 2 is 2.03 bits per heavy atom. The van der Waals surface area contributed by atoms with Gasteiger partial charge in [-0.3, -0.25) is 14.3 Å². The number of nitrogens with zero attached hydrogens (tertiary/aromatic N) is 4. The highest BCUT2D eigenvalue weighted by molar-refractivity contribution is 5.94. The third-order valence-electron chi connectivity index (χ3n) is 6.90. The maximum Gasteiger partial charge on any atom is 0.338 e. The van der Waals surface area contributed by atoms with E-state index in [0.29, 0.717) is 30.1 Å². The van der Waals surface area contributed by atoms with Crippen LogP contribution in [0.4, 0.5) is 0 Å². The summed E-state index contributed by atoms with van der Waals surface area (Å²) in [5, 5.41) is 12.8. The van der Waals surface area contributed by atoms with Crippen LogP contribution in [0.25, 0.3) is 5.82 Å². The number of rotatable bonds is 4. The predicted molar refractivity (Wildman–Crippen MR) is 130 cm³/mol. The van der Waals surface area contributed by atoms with Gasteiger partial charge in [-0.05, 0) is 61.2 Å². The number of hydrogen-bond donors (Lipinski definition) is 1. The maximum atomic E-state index is 12.9. The monoisotopic (exact) mass is 469 g/mol. The van der Waals surface area contributed by atoms with Crippen molar-refractivity contribution in [3.63, 3.8) is 0 Å². The lowest BCUT2D eigenvalue weighted by atomic mass is 9.92. The van der Waals surface area contributed by atoms with Gasteiger partial charge in [0.05, 0.1) is 11.1 Å². The van der Waals surface area contributed by atoms with E-state index in [4.69, 9.17) is 10.00 Å². The molecule has 0 amide bonds. The van der Waals surface area contributed by atoms with E-state index in [1.807, 2.05) is 25.1 Å². The first-order valence-corrected chi connectivity index (χ1v) is 11.7. The van der Waals surface area contributed by atoms with E-state index in [0.717, 1.165) is 35.3 Å². The van der Waals surface area contributed by atoms with Gasteiger partial charge < -0.3 is 10.1 Å². The second-order valence-corrected chi connectivity index (χ2v) is 9.41. The molecule has 1 saturated heterocycles. The van der Waals surface area contributed by atoms with Crippen molar-refractivity contribution in [3.8, 4) is 11.9 Å². The topological polar surface area (TPSA) is 100 Å². The zero-order valence-electron chi connectivity index (χ0n) is 20.0. The quantitative estimate of drug-likeness (QED) is 0.587. The average molecular weight is 470 g/mol. The molecular formula is C27H27N5O3. The Kier molecular flexibility index (Phi) is 5.97. The Morgan fingerprint density at radius 1 is 1.20 bits per heavy atom. The van der Waals surface area contributed by atoms with Gasteiger partial charge in [0.1, 0.15) is 18.5 Å². The van der Waals surface area contributed by atoms with E-state index in [-0.39, 0.29) is 23.6 Å². The number of ether oxygens (including phenoxy) is 1. The molecule has 8 nitrogen and oxygen atoms in total. The average Bonchev–Trinajstić information content (AvgIpc) is 3.20. The number of esters is 1. The van der Waals surface area contributed by atoms with Gasteiger partial charge in [-0.2, -0.15) is 5.26 Å². The van der Waals surface area contributed by atoms with Crippen molar-refractivity contribution in [2.45, 2.75) is 46.0 Å². The minimum absolute atomic E-state index is 0.117. The molecule has 4 heterocycles. The van der Waals surface area contributed by atoms with Crippen LogP contribution in [0.3, 0.4) is 0 Å². The molecule has 178 valence electrons. The lowest BCUT2D eigenvalue weighted by Gasteiger charge is -2.38. The van der Waals surface area contributed by atoms with Gasteiger partial charge in [0.2, 0.25) is 0 Å². The standard InChI is InChI=1S/C27H27N5O3/c1-16-8-25(29-11-20(16)10-28)32-7-6-19(9-26(32)33)13-31-12-17(2)30-24(14-31)21-4-5-22-23(18(21)3)15-35-27(22)34/h4-9,11,17,24,30H,12-15H2,1-3H3/t17-,24-/m0/s1. The Bertz CT molecular complexity index is 1420. The highest BCUT2D eigenvalue weighted by Gasteiger charge is 2.30. The lowest BCUT2D eigenvalue weighted by Crippen LogP contribution is -2.50. The van der Waals surface area contributed by atoms with Crippen LogP contribution in [0.5, 0.6) is 0 Å². The molecule has 35 heavy (non-hydrogen) atoms. The Labute approximate surface area is 203 Å². The number of cyclic esters (lactones) is 1. The summed E-state index contributed by atoms with van der Waals surface area (Å²) >= 11 is 0. The normalized spacial score (nSPS) is 19.8. The van der Waals surface area contributed by atoms with Crippen LogP contribution in [0, 0.1) is 25.2 Å². The lowest BCUT2D eigenvalue weighted by molar-refractivity contribution is 0.0535. The zero-order chi connectivity index (χ0) is 24.7. The molecule has 0 aliphatic carbocycles. The van der Waals surface area contributed by atoms with Crippen LogP contribution in [-0.2, 0) is 17.9 Å². The van der Waals surface area contributed by atoms with Crippen molar-refractivity contribution >= 4 is 5.97 Å². The predicted octanol–water partition coefficient (Wildman–Crippen LogP) is 2.93. The molecule has 0 spiro atoms. The first-order valence-electron chi connectivity index (χ1n) is 11.7. The summed E-state index contributed by atoms with van der Waals surface area (Å²) in [5.41, 5.74) is 6.00. The van der Waals surface area contributed by atoms with Gasteiger partial charge in [0.25, 0.3) is 5.56 Å². The van der Waals surface area contributed by atoms with Crippen LogP contribution in [0.15, 0.2) is 47.5 Å². The molecule has 0 unspecified atom stereocenters. The van der Waals surface area contributed by atoms with Crippen molar-refractivity contribution in [1.82, 2.24) is 19.8 Å². The van der Waals surface area contributed by atoms with Crippen LogP contribution in [-0.4, -0.2) is 39.6 Å². The number of hydrogen-bond acceptors (Lipinski definition) is 7. The molecule has 1 aromatic carbocycles. The molecule has 3 aromatic rings. The number of piperazine rings is 1. The second kappa shape index (κ2) is 9.10. The van der Waals surface area contributed by atoms with E-state index in [9.17, 15) is 9.59 Å². The summed E-state index contributed by atoms with van der Waals surface area (Å²) in [6, 6.07) is 11.7. The summed E-state index contributed by atoms with van der Waals surface area (Å²) in [7, 11) is 0. The molecule has 2 aromatic heterocycles. The summed E-state index contributed by atoms with van der Waals surface area (Å²) < 4.78 is 6.72. The molecule has 0 radical (unpaired) electrons. The van der Waals surface area contributed by atoms with Crippen molar-refractivity contribution in [1.29, 1.82) is 5.26 Å². The van der Waals surface area contributed by atoms with Crippen molar-refractivity contribution in [2.75, 3.05) is 13.1 Å². The highest BCUT2D eigenvalue weighted by atomic mass is 16.5. The fraction of sp³-hybridized carbons (Fsp3) is 0.333. The Balaban J connectivity index is 1.35. The van der Waals surface area contributed by atoms with E-state index in [1.165, 1.54) is 16.3 Å². The van der Waals surface area contributed by atoms with E-state index in [2.05, 4.69) is 35.1 Å². The molecule has 1 N–H and O–H groups in total. The molecule has 2 aliphatic heterocycles. The third-order valence-corrected chi connectivity index (χ3v) is 6.90. The molecule has 1 fully saturated rings. The number of nitriles is 1. The van der Waals surface area contributed by atoms with Crippen LogP contribution >= 0.6 is 0 Å². The summed E-state index contributed by atoms with van der Waals surface area (Å²) in [5.74, 6) is 0.255. The number of benzene rings is 1. The Hall–Kier alpha value is -3.80. The first kappa shape index (κ1) is 23.0. The molecule has 2 aliphatic rings. The fourth-order valence-corrected chi connectivity index (χ4v) is 5.09. The van der Waals surface area contributed by atoms with E-state index in [1.54, 1.807) is 18.3 Å². The smallest absolute Gasteiger partial charge is 0.338 e. The van der Waals surface area contributed by atoms with Gasteiger partial charge in [-0.1, -0.05) is 6.07 Å². The molecule has 2 atom stereocenters. The zero-order valence-corrected chi connectivity index (χ0v) is 20.0. The third kappa shape index (κ3) is 4.36. The van der Waals surface area contributed by atoms with Crippen molar-refractivity contribution in [2.24, 2.45) is 0 Å². The number of aromatic nitrogens is 2. The van der Waals surface area contributed by atoms with Crippen molar-refractivity contribution in [3.05, 3.63) is 92.0 Å². The summed E-state index contributed by atoms with van der Waals surface area (Å²) in [6.07, 6.45) is 3.24. The second-order valence-electron chi connectivity index (χ2n) is 9.41. The highest BCUT2D eigenvalue weighted by Crippen LogP contribution is 2.31. The largest absolute Gasteiger partial charge is 0.457 e. The molecule has 8 heteroatoms. The minimum Gasteiger partial charge on any atom is -0.457 e. The Morgan fingerprint density at radius 3 is 2.77 bits per heavy atom. The van der Waals surface area contributed by atoms with Crippen LogP contribution < -0.4 is 10.9 Å². The molecule has 0 saturated carbocycles. The van der Waals surface area contributed by atoms with Crippen LogP contribution in [0.1, 0.15) is 56.7 Å².